The fourth-order valence-electron chi connectivity index (χ4n) is 5.06. The molecule has 3 atom stereocenters. The van der Waals surface area contributed by atoms with Gasteiger partial charge in [0.15, 0.2) is 0 Å². The molecule has 0 bridgehead atoms. The van der Waals surface area contributed by atoms with Crippen molar-refractivity contribution in [2.75, 3.05) is 40.9 Å². The Morgan fingerprint density at radius 2 is 1.12 bits per heavy atom. The summed E-state index contributed by atoms with van der Waals surface area (Å²) < 4.78 is 23.4. The number of hydrogen-bond acceptors (Lipinski definition) is 5. The van der Waals surface area contributed by atoms with Crippen molar-refractivity contribution in [2.24, 2.45) is 0 Å². The molecule has 0 aliphatic carbocycles. The van der Waals surface area contributed by atoms with Crippen molar-refractivity contribution in [3.05, 3.63) is 48.6 Å². The van der Waals surface area contributed by atoms with Gasteiger partial charge in [0, 0.05) is 6.42 Å². The van der Waals surface area contributed by atoms with Crippen molar-refractivity contribution in [1.82, 2.24) is 5.32 Å². The first kappa shape index (κ1) is 47.5. The van der Waals surface area contributed by atoms with Crippen LogP contribution >= 0.6 is 7.82 Å². The van der Waals surface area contributed by atoms with E-state index in [9.17, 15) is 19.4 Å². The Kier molecular flexibility index (Phi) is 31.4. The molecule has 0 rings (SSSR count). The lowest BCUT2D eigenvalue weighted by Crippen LogP contribution is -2.45. The second-order valence-corrected chi connectivity index (χ2v) is 15.7. The standard InChI is InChI=1S/C40H75N2O6P/c1-6-8-10-12-14-16-18-20-22-24-26-28-30-32-34-40(44)41-38(37-48-49(45,46)47-36-35-42(3,4)5)39(43)33-31-29-27-25-23-21-19-17-15-13-11-9-7-2/h15,17-18,20,23,25,31,33,38-39,43H,6-14,16,19,21-22,24,26-30,32,34-37H2,1-5H3,(H-,41,44,45,46)/p+1/b17-15+,20-18-,25-23+,33-31+. The molecule has 3 N–H and O–H groups in total. The van der Waals surface area contributed by atoms with E-state index in [1.54, 1.807) is 6.08 Å². The van der Waals surface area contributed by atoms with E-state index >= 15 is 0 Å². The molecule has 0 spiro atoms. The highest BCUT2D eigenvalue weighted by Crippen LogP contribution is 2.43. The molecule has 0 fully saturated rings. The summed E-state index contributed by atoms with van der Waals surface area (Å²) in [5.74, 6) is -0.205. The molecule has 0 aliphatic rings. The van der Waals surface area contributed by atoms with Crippen LogP contribution in [0, 0.1) is 0 Å². The number of carbonyl (C=O) groups is 1. The summed E-state index contributed by atoms with van der Waals surface area (Å²) in [4.78, 5) is 23.0. The first-order chi connectivity index (χ1) is 23.5. The van der Waals surface area contributed by atoms with Crippen LogP contribution in [0.1, 0.15) is 149 Å². The van der Waals surface area contributed by atoms with Crippen LogP contribution < -0.4 is 5.32 Å². The zero-order chi connectivity index (χ0) is 36.5. The van der Waals surface area contributed by atoms with E-state index in [-0.39, 0.29) is 19.1 Å². The average molecular weight is 712 g/mol. The maximum Gasteiger partial charge on any atom is 0.472 e. The Morgan fingerprint density at radius 3 is 1.67 bits per heavy atom. The number of aliphatic hydroxyl groups is 1. The van der Waals surface area contributed by atoms with E-state index < -0.39 is 20.0 Å². The van der Waals surface area contributed by atoms with Crippen molar-refractivity contribution < 1.29 is 32.9 Å². The maximum atomic E-state index is 12.8. The minimum atomic E-state index is -4.34. The zero-order valence-electron chi connectivity index (χ0n) is 32.2. The predicted molar refractivity (Wildman–Crippen MR) is 207 cm³/mol. The number of nitrogens with zero attached hydrogens (tertiary/aromatic N) is 1. The SMILES string of the molecule is CCCCC/C=C/CC/C=C/CC/C=C/C(O)C(COP(=O)(O)OCC[N+](C)(C)C)NC(=O)CCCCCCC/C=C\CCCCCCC. The van der Waals surface area contributed by atoms with E-state index in [0.29, 0.717) is 17.4 Å². The summed E-state index contributed by atoms with van der Waals surface area (Å²) in [6, 6.07) is -0.871. The number of unbranched alkanes of at least 4 members (excludes halogenated alkanes) is 15. The number of amides is 1. The fraction of sp³-hybridized carbons (Fsp3) is 0.775. The average Bonchev–Trinajstić information content (AvgIpc) is 3.04. The Hall–Kier alpha value is -1.54. The lowest BCUT2D eigenvalue weighted by atomic mass is 10.1. The molecule has 0 aromatic carbocycles. The van der Waals surface area contributed by atoms with Crippen LogP contribution in [0.5, 0.6) is 0 Å². The number of rotatable bonds is 34. The lowest BCUT2D eigenvalue weighted by Gasteiger charge is -2.25. The number of likely N-dealkylation sites (N-methyl/N-ethyl adjacent to an activating group) is 1. The number of phosphoric acid groups is 1. The number of hydrogen-bond donors (Lipinski definition) is 3. The molecule has 0 saturated heterocycles. The van der Waals surface area contributed by atoms with Gasteiger partial charge in [-0.05, 0) is 70.6 Å². The Bertz CT molecular complexity index is 944. The quantitative estimate of drug-likeness (QED) is 0.0266. The second-order valence-electron chi connectivity index (χ2n) is 14.3. The molecule has 0 heterocycles. The summed E-state index contributed by atoms with van der Waals surface area (Å²) in [7, 11) is 1.53. The van der Waals surface area contributed by atoms with Crippen LogP contribution in [0.2, 0.25) is 0 Å². The van der Waals surface area contributed by atoms with Crippen molar-refractivity contribution in [1.29, 1.82) is 0 Å². The molecular weight excluding hydrogens is 635 g/mol. The fourth-order valence-corrected chi connectivity index (χ4v) is 5.80. The second kappa shape index (κ2) is 32.4. The van der Waals surface area contributed by atoms with Crippen LogP contribution in [0.3, 0.4) is 0 Å². The molecule has 9 heteroatoms. The van der Waals surface area contributed by atoms with E-state index in [1.165, 1.54) is 64.2 Å². The van der Waals surface area contributed by atoms with Gasteiger partial charge in [0.2, 0.25) is 5.91 Å². The van der Waals surface area contributed by atoms with Gasteiger partial charge in [-0.2, -0.15) is 0 Å². The summed E-state index contributed by atoms with van der Waals surface area (Å²) in [6.45, 7) is 4.70. The molecule has 286 valence electrons. The summed E-state index contributed by atoms with van der Waals surface area (Å²) in [5, 5.41) is 13.7. The molecule has 0 radical (unpaired) electrons. The van der Waals surface area contributed by atoms with E-state index in [1.807, 2.05) is 27.2 Å². The molecule has 1 amide bonds. The van der Waals surface area contributed by atoms with Crippen LogP contribution in [0.4, 0.5) is 0 Å². The molecule has 0 aliphatic heterocycles. The number of phosphoric ester groups is 1. The third kappa shape index (κ3) is 34.7. The van der Waals surface area contributed by atoms with Gasteiger partial charge >= 0.3 is 7.82 Å². The van der Waals surface area contributed by atoms with Gasteiger partial charge in [-0.1, -0.05) is 120 Å². The largest absolute Gasteiger partial charge is 0.472 e. The van der Waals surface area contributed by atoms with Crippen LogP contribution in [0.15, 0.2) is 48.6 Å². The summed E-state index contributed by atoms with van der Waals surface area (Å²) in [6.07, 6.45) is 38.9. The Morgan fingerprint density at radius 1 is 0.673 bits per heavy atom. The van der Waals surface area contributed by atoms with Crippen LogP contribution in [-0.2, 0) is 18.4 Å². The molecule has 0 aromatic heterocycles. The molecule has 3 unspecified atom stereocenters. The smallest absolute Gasteiger partial charge is 0.387 e. The first-order valence-corrected chi connectivity index (χ1v) is 21.0. The van der Waals surface area contributed by atoms with Gasteiger partial charge in [-0.25, -0.2) is 4.57 Å². The summed E-state index contributed by atoms with van der Waals surface area (Å²) in [5.41, 5.74) is 0. The van der Waals surface area contributed by atoms with Gasteiger partial charge in [0.25, 0.3) is 0 Å². The zero-order valence-corrected chi connectivity index (χ0v) is 33.1. The monoisotopic (exact) mass is 712 g/mol. The predicted octanol–water partition coefficient (Wildman–Crippen LogP) is 10.1. The molecule has 0 aromatic rings. The molecule has 0 saturated carbocycles. The van der Waals surface area contributed by atoms with Gasteiger partial charge in [-0.15, -0.1) is 0 Å². The Labute approximate surface area is 301 Å². The first-order valence-electron chi connectivity index (χ1n) is 19.5. The third-order valence-electron chi connectivity index (χ3n) is 8.25. The normalized spacial score (nSPS) is 15.2. The van der Waals surface area contributed by atoms with Gasteiger partial charge < -0.3 is 19.8 Å². The maximum absolute atomic E-state index is 12.8. The van der Waals surface area contributed by atoms with Gasteiger partial charge in [0.1, 0.15) is 13.2 Å². The molecule has 8 nitrogen and oxygen atoms in total. The van der Waals surface area contributed by atoms with E-state index in [4.69, 9.17) is 9.05 Å². The summed E-state index contributed by atoms with van der Waals surface area (Å²) >= 11 is 0. The van der Waals surface area contributed by atoms with Crippen molar-refractivity contribution in [3.8, 4) is 0 Å². The van der Waals surface area contributed by atoms with Gasteiger partial charge in [0.05, 0.1) is 39.9 Å². The van der Waals surface area contributed by atoms with Crippen molar-refractivity contribution in [2.45, 2.75) is 161 Å². The minimum Gasteiger partial charge on any atom is -0.387 e. The Balaban J connectivity index is 4.62. The lowest BCUT2D eigenvalue weighted by molar-refractivity contribution is -0.870. The minimum absolute atomic E-state index is 0.0505. The number of nitrogens with one attached hydrogen (secondary N) is 1. The van der Waals surface area contributed by atoms with Crippen LogP contribution in [-0.4, -0.2) is 73.4 Å². The number of quaternary nitrogens is 1. The number of allylic oxidation sites excluding steroid dienone is 7. The topological polar surface area (TPSA) is 105 Å². The van der Waals surface area contributed by atoms with Crippen molar-refractivity contribution >= 4 is 13.7 Å². The highest BCUT2D eigenvalue weighted by molar-refractivity contribution is 7.47. The molecular formula is C40H76N2O6P+. The van der Waals surface area contributed by atoms with Crippen LogP contribution in [0.25, 0.3) is 0 Å². The highest BCUT2D eigenvalue weighted by Gasteiger charge is 2.27. The number of aliphatic hydroxyl groups excluding tert-OH is 1. The van der Waals surface area contributed by atoms with E-state index in [0.717, 1.165) is 64.2 Å². The molecule has 49 heavy (non-hydrogen) atoms. The van der Waals surface area contributed by atoms with Gasteiger partial charge in [-0.3, -0.25) is 13.8 Å². The third-order valence-corrected chi connectivity index (χ3v) is 9.23. The van der Waals surface area contributed by atoms with Crippen molar-refractivity contribution in [3.63, 3.8) is 0 Å². The van der Waals surface area contributed by atoms with E-state index in [2.05, 4.69) is 55.6 Å². The highest BCUT2D eigenvalue weighted by atomic mass is 31.2. The number of carbonyl (C=O) groups excluding carboxylic acids is 1.